The molecule has 1 aliphatic heterocycles. The standard InChI is InChI=1S/C42H34N2/c1-41(2)34-17-9-8-15-30(34)31-23-21-29(26-37(31)41)43(27-13-6-5-7-14-27)28-22-24-38-33(25-28)32-16-12-19-36-40(32)44(38)39-20-11-10-18-35(39)42(36,3)4/h5-26H,1-4H3. The van der Waals surface area contributed by atoms with Crippen molar-refractivity contribution in [3.05, 3.63) is 156 Å². The van der Waals surface area contributed by atoms with Crippen LogP contribution >= 0.6 is 0 Å². The van der Waals surface area contributed by atoms with Crippen LogP contribution in [-0.2, 0) is 10.8 Å². The molecule has 2 nitrogen and oxygen atoms in total. The van der Waals surface area contributed by atoms with Crippen molar-refractivity contribution in [1.82, 2.24) is 4.57 Å². The first kappa shape index (κ1) is 25.4. The summed E-state index contributed by atoms with van der Waals surface area (Å²) in [4.78, 5) is 2.42. The van der Waals surface area contributed by atoms with Crippen molar-refractivity contribution < 1.29 is 0 Å². The summed E-state index contributed by atoms with van der Waals surface area (Å²) < 4.78 is 2.49. The molecular formula is C42H34N2. The van der Waals surface area contributed by atoms with Gasteiger partial charge in [-0.25, -0.2) is 0 Å². The predicted molar refractivity (Wildman–Crippen MR) is 185 cm³/mol. The van der Waals surface area contributed by atoms with E-state index in [9.17, 15) is 0 Å². The molecule has 44 heavy (non-hydrogen) atoms. The van der Waals surface area contributed by atoms with E-state index in [0.717, 1.165) is 11.4 Å². The second-order valence-electron chi connectivity index (χ2n) is 13.5. The van der Waals surface area contributed by atoms with Crippen molar-refractivity contribution in [3.8, 4) is 16.8 Å². The summed E-state index contributed by atoms with van der Waals surface area (Å²) in [6.07, 6.45) is 0. The highest BCUT2D eigenvalue weighted by molar-refractivity contribution is 6.12. The van der Waals surface area contributed by atoms with Gasteiger partial charge in [-0.2, -0.15) is 0 Å². The number of fused-ring (bicyclic) bond motifs is 8. The third-order valence-electron chi connectivity index (χ3n) is 10.4. The molecule has 0 saturated carbocycles. The van der Waals surface area contributed by atoms with Gasteiger partial charge in [-0.15, -0.1) is 0 Å². The zero-order chi connectivity index (χ0) is 29.8. The Morgan fingerprint density at radius 3 is 1.93 bits per heavy atom. The number of hydrogen-bond acceptors (Lipinski definition) is 1. The molecule has 0 amide bonds. The van der Waals surface area contributed by atoms with Crippen LogP contribution < -0.4 is 4.90 Å². The van der Waals surface area contributed by atoms with Crippen LogP contribution in [0.1, 0.15) is 49.9 Å². The fourth-order valence-corrected chi connectivity index (χ4v) is 8.15. The van der Waals surface area contributed by atoms with Crippen LogP contribution in [0, 0.1) is 0 Å². The first-order chi connectivity index (χ1) is 21.4. The Balaban J connectivity index is 1.29. The van der Waals surface area contributed by atoms with Crippen molar-refractivity contribution in [2.24, 2.45) is 0 Å². The molecular weight excluding hydrogens is 532 g/mol. The number of aromatic nitrogens is 1. The van der Waals surface area contributed by atoms with Gasteiger partial charge in [0, 0.05) is 38.7 Å². The predicted octanol–water partition coefficient (Wildman–Crippen LogP) is 11.2. The summed E-state index contributed by atoms with van der Waals surface area (Å²) in [5.41, 5.74) is 15.4. The van der Waals surface area contributed by atoms with Crippen LogP contribution in [0.25, 0.3) is 38.6 Å². The molecule has 0 spiro atoms. The average Bonchev–Trinajstić information content (AvgIpc) is 3.50. The molecule has 2 heterocycles. The lowest BCUT2D eigenvalue weighted by molar-refractivity contribution is 0.630. The van der Waals surface area contributed by atoms with Crippen LogP contribution in [0.3, 0.4) is 0 Å². The van der Waals surface area contributed by atoms with Crippen molar-refractivity contribution in [1.29, 1.82) is 0 Å². The Hall–Kier alpha value is -5.08. The van der Waals surface area contributed by atoms with Crippen LogP contribution in [0.5, 0.6) is 0 Å². The third-order valence-corrected chi connectivity index (χ3v) is 10.4. The lowest BCUT2D eigenvalue weighted by Gasteiger charge is -2.34. The molecule has 212 valence electrons. The molecule has 0 radical (unpaired) electrons. The molecule has 0 N–H and O–H groups in total. The van der Waals surface area contributed by atoms with Gasteiger partial charge >= 0.3 is 0 Å². The van der Waals surface area contributed by atoms with E-state index in [-0.39, 0.29) is 10.8 Å². The molecule has 7 aromatic rings. The summed E-state index contributed by atoms with van der Waals surface area (Å²) in [5.74, 6) is 0. The quantitative estimate of drug-likeness (QED) is 0.206. The first-order valence-electron chi connectivity index (χ1n) is 15.6. The normalized spacial score (nSPS) is 15.2. The minimum atomic E-state index is -0.0752. The number of anilines is 3. The number of nitrogens with zero attached hydrogens (tertiary/aromatic N) is 2. The largest absolute Gasteiger partial charge is 0.310 e. The van der Waals surface area contributed by atoms with Gasteiger partial charge < -0.3 is 9.47 Å². The lowest BCUT2D eigenvalue weighted by atomic mass is 9.75. The van der Waals surface area contributed by atoms with E-state index in [1.807, 2.05) is 0 Å². The molecule has 1 aromatic heterocycles. The van der Waals surface area contributed by atoms with Crippen molar-refractivity contribution >= 4 is 38.9 Å². The zero-order valence-electron chi connectivity index (χ0n) is 25.6. The van der Waals surface area contributed by atoms with Crippen LogP contribution in [0.4, 0.5) is 17.1 Å². The van der Waals surface area contributed by atoms with Crippen LogP contribution in [0.2, 0.25) is 0 Å². The maximum atomic E-state index is 2.49. The van der Waals surface area contributed by atoms with E-state index in [1.54, 1.807) is 0 Å². The smallest absolute Gasteiger partial charge is 0.0582 e. The topological polar surface area (TPSA) is 8.17 Å². The molecule has 2 aliphatic rings. The fourth-order valence-electron chi connectivity index (χ4n) is 8.15. The Bertz CT molecular complexity index is 2280. The zero-order valence-corrected chi connectivity index (χ0v) is 25.6. The summed E-state index contributed by atoms with van der Waals surface area (Å²) in [6, 6.07) is 49.5. The van der Waals surface area contributed by atoms with Crippen molar-refractivity contribution in [2.75, 3.05) is 4.90 Å². The van der Waals surface area contributed by atoms with Crippen molar-refractivity contribution in [2.45, 2.75) is 38.5 Å². The highest BCUT2D eigenvalue weighted by Gasteiger charge is 2.37. The molecule has 6 aromatic carbocycles. The minimum Gasteiger partial charge on any atom is -0.310 e. The fraction of sp³-hybridized carbons (Fsp3) is 0.143. The average molecular weight is 567 g/mol. The molecule has 2 heteroatoms. The van der Waals surface area contributed by atoms with Gasteiger partial charge in [0.15, 0.2) is 0 Å². The number of benzene rings is 6. The second kappa shape index (κ2) is 8.74. The van der Waals surface area contributed by atoms with Gasteiger partial charge in [0.2, 0.25) is 0 Å². The molecule has 0 fully saturated rings. The van der Waals surface area contributed by atoms with Crippen molar-refractivity contribution in [3.63, 3.8) is 0 Å². The van der Waals surface area contributed by atoms with Gasteiger partial charge in [0.25, 0.3) is 0 Å². The maximum Gasteiger partial charge on any atom is 0.0582 e. The maximum absolute atomic E-state index is 2.49. The third kappa shape index (κ3) is 3.26. The van der Waals surface area contributed by atoms with Gasteiger partial charge in [0.1, 0.15) is 0 Å². The minimum absolute atomic E-state index is 0.0620. The Kier molecular flexibility index (Phi) is 5.05. The summed E-state index contributed by atoms with van der Waals surface area (Å²) in [6.45, 7) is 9.43. The van der Waals surface area contributed by atoms with Gasteiger partial charge in [-0.3, -0.25) is 0 Å². The van der Waals surface area contributed by atoms with E-state index < -0.39 is 0 Å². The van der Waals surface area contributed by atoms with Gasteiger partial charge in [0.05, 0.1) is 16.7 Å². The Morgan fingerprint density at radius 2 is 1.09 bits per heavy atom. The summed E-state index contributed by atoms with van der Waals surface area (Å²) >= 11 is 0. The number of para-hydroxylation sites is 3. The van der Waals surface area contributed by atoms with Gasteiger partial charge in [-0.1, -0.05) is 113 Å². The summed E-state index contributed by atoms with van der Waals surface area (Å²) in [5, 5.41) is 2.59. The van der Waals surface area contributed by atoms with Crippen LogP contribution in [-0.4, -0.2) is 4.57 Å². The SMILES string of the molecule is CC1(C)c2ccccc2-c2ccc(N(c3ccccc3)c3ccc4c(c3)c3cccc5c3n4-c3ccccc3C5(C)C)cc21. The molecule has 9 rings (SSSR count). The van der Waals surface area contributed by atoms with Crippen LogP contribution in [0.15, 0.2) is 133 Å². The molecule has 0 atom stereocenters. The number of hydrogen-bond donors (Lipinski definition) is 0. The molecule has 0 bridgehead atoms. The molecule has 0 saturated heterocycles. The highest BCUT2D eigenvalue weighted by atomic mass is 15.1. The number of rotatable bonds is 3. The molecule has 0 unspecified atom stereocenters. The monoisotopic (exact) mass is 566 g/mol. The van der Waals surface area contributed by atoms with E-state index in [0.29, 0.717) is 0 Å². The Morgan fingerprint density at radius 1 is 0.455 bits per heavy atom. The van der Waals surface area contributed by atoms with E-state index in [2.05, 4.69) is 171 Å². The van der Waals surface area contributed by atoms with E-state index >= 15 is 0 Å². The van der Waals surface area contributed by atoms with E-state index in [4.69, 9.17) is 0 Å². The Labute approximate surface area is 258 Å². The second-order valence-corrected chi connectivity index (χ2v) is 13.5. The lowest BCUT2D eigenvalue weighted by Crippen LogP contribution is -2.26. The first-order valence-corrected chi connectivity index (χ1v) is 15.6. The highest BCUT2D eigenvalue weighted by Crippen LogP contribution is 2.52. The molecule has 1 aliphatic carbocycles. The summed E-state index contributed by atoms with van der Waals surface area (Å²) in [7, 11) is 0. The van der Waals surface area contributed by atoms with E-state index in [1.165, 1.54) is 66.6 Å². The van der Waals surface area contributed by atoms with Gasteiger partial charge in [-0.05, 0) is 81.9 Å².